The van der Waals surface area contributed by atoms with E-state index in [4.69, 9.17) is 27.6 Å². The molecule has 0 aliphatic heterocycles. The van der Waals surface area contributed by atoms with Crippen LogP contribution in [0.25, 0.3) is 11.5 Å². The molecule has 0 unspecified atom stereocenters. The average molecular weight is 424 g/mol. The number of rotatable bonds is 5. The van der Waals surface area contributed by atoms with Gasteiger partial charge in [-0.05, 0) is 18.2 Å². The van der Waals surface area contributed by atoms with Gasteiger partial charge in [-0.3, -0.25) is 30.3 Å². The monoisotopic (exact) mass is 423 g/mol. The first-order valence-corrected chi connectivity index (χ1v) is 8.04. The highest BCUT2D eigenvalue weighted by Gasteiger charge is 2.21. The Morgan fingerprint density at radius 1 is 1.00 bits per heavy atom. The topological polar surface area (TPSA) is 154 Å². The highest BCUT2D eigenvalue weighted by atomic mass is 35.5. The molecule has 1 N–H and O–H groups in total. The van der Waals surface area contributed by atoms with Crippen LogP contribution < -0.4 is 5.32 Å². The molecule has 28 heavy (non-hydrogen) atoms. The third kappa shape index (κ3) is 4.05. The lowest BCUT2D eigenvalue weighted by Gasteiger charge is -2.02. The van der Waals surface area contributed by atoms with Crippen LogP contribution in [0.2, 0.25) is 10.0 Å². The summed E-state index contributed by atoms with van der Waals surface area (Å²) in [5.41, 5.74) is -1.23. The SMILES string of the molecule is O=C(Nc1nnc(-c2cc(Cl)ccc2Cl)o1)c1cc([N+](=O)[O-])cc([N+](=O)[O-])c1. The van der Waals surface area contributed by atoms with Gasteiger partial charge in [-0.15, -0.1) is 5.10 Å². The number of benzene rings is 2. The van der Waals surface area contributed by atoms with E-state index in [9.17, 15) is 25.0 Å². The van der Waals surface area contributed by atoms with Crippen molar-refractivity contribution < 1.29 is 19.1 Å². The molecule has 0 bridgehead atoms. The molecule has 1 heterocycles. The predicted molar refractivity (Wildman–Crippen MR) is 97.5 cm³/mol. The summed E-state index contributed by atoms with van der Waals surface area (Å²) in [6.07, 6.45) is 0. The van der Waals surface area contributed by atoms with E-state index >= 15 is 0 Å². The van der Waals surface area contributed by atoms with Crippen LogP contribution in [-0.2, 0) is 0 Å². The van der Waals surface area contributed by atoms with Crippen molar-refractivity contribution in [1.82, 2.24) is 10.2 Å². The molecule has 3 rings (SSSR count). The standard InChI is InChI=1S/C15H7Cl2N5O6/c16-8-1-2-12(17)11(5-8)14-19-20-15(28-14)18-13(23)7-3-9(21(24)25)6-10(4-7)22(26)27/h1-6H,(H,18,20,23). The van der Waals surface area contributed by atoms with Gasteiger partial charge in [0, 0.05) is 17.2 Å². The van der Waals surface area contributed by atoms with Gasteiger partial charge in [-0.1, -0.05) is 28.3 Å². The normalized spacial score (nSPS) is 10.5. The highest BCUT2D eigenvalue weighted by molar-refractivity contribution is 6.35. The van der Waals surface area contributed by atoms with Gasteiger partial charge in [0.2, 0.25) is 0 Å². The molecule has 0 aliphatic rings. The maximum Gasteiger partial charge on any atom is 0.322 e. The number of nitrogens with one attached hydrogen (secondary N) is 1. The molecule has 1 amide bonds. The Morgan fingerprint density at radius 2 is 1.64 bits per heavy atom. The highest BCUT2D eigenvalue weighted by Crippen LogP contribution is 2.30. The number of non-ortho nitro benzene ring substituents is 2. The summed E-state index contributed by atoms with van der Waals surface area (Å²) in [6, 6.07) is 6.72. The van der Waals surface area contributed by atoms with E-state index in [1.807, 2.05) is 0 Å². The quantitative estimate of drug-likeness (QED) is 0.474. The summed E-state index contributed by atoms with van der Waals surface area (Å²) in [5, 5.41) is 32.1. The fourth-order valence-electron chi connectivity index (χ4n) is 2.15. The number of halogens is 2. The molecular formula is C15H7Cl2N5O6. The van der Waals surface area contributed by atoms with E-state index in [-0.39, 0.29) is 22.5 Å². The maximum atomic E-state index is 12.3. The minimum absolute atomic E-state index is 0.0344. The van der Waals surface area contributed by atoms with Crippen LogP contribution in [0.15, 0.2) is 40.8 Å². The molecular weight excluding hydrogens is 417 g/mol. The lowest BCUT2D eigenvalue weighted by Crippen LogP contribution is -2.13. The zero-order valence-corrected chi connectivity index (χ0v) is 15.0. The van der Waals surface area contributed by atoms with Crippen molar-refractivity contribution in [2.45, 2.75) is 0 Å². The van der Waals surface area contributed by atoms with Gasteiger partial charge in [0.1, 0.15) is 0 Å². The average Bonchev–Trinajstić information content (AvgIpc) is 3.11. The number of anilines is 1. The zero-order chi connectivity index (χ0) is 20.4. The summed E-state index contributed by atoms with van der Waals surface area (Å²) < 4.78 is 5.29. The van der Waals surface area contributed by atoms with Crippen molar-refractivity contribution in [3.8, 4) is 11.5 Å². The van der Waals surface area contributed by atoms with Gasteiger partial charge in [-0.2, -0.15) is 0 Å². The van der Waals surface area contributed by atoms with Crippen molar-refractivity contribution >= 4 is 46.5 Å². The molecule has 13 heteroatoms. The van der Waals surface area contributed by atoms with Crippen molar-refractivity contribution in [3.05, 3.63) is 72.2 Å². The smallest absolute Gasteiger partial charge is 0.322 e. The van der Waals surface area contributed by atoms with Crippen molar-refractivity contribution in [2.75, 3.05) is 5.32 Å². The summed E-state index contributed by atoms with van der Waals surface area (Å²) in [4.78, 5) is 32.4. The number of nitrogens with zero attached hydrogens (tertiary/aromatic N) is 4. The van der Waals surface area contributed by atoms with Crippen LogP contribution in [-0.4, -0.2) is 26.0 Å². The first-order valence-electron chi connectivity index (χ1n) is 7.29. The molecule has 0 atom stereocenters. The molecule has 0 saturated carbocycles. The molecule has 0 radical (unpaired) electrons. The van der Waals surface area contributed by atoms with Gasteiger partial charge in [-0.25, -0.2) is 0 Å². The van der Waals surface area contributed by atoms with Crippen LogP contribution in [0.4, 0.5) is 17.4 Å². The number of carbonyl (C=O) groups excluding carboxylic acids is 1. The number of amides is 1. The van der Waals surface area contributed by atoms with Gasteiger partial charge < -0.3 is 4.42 Å². The molecule has 0 aliphatic carbocycles. The summed E-state index contributed by atoms with van der Waals surface area (Å²) in [5.74, 6) is -0.952. The van der Waals surface area contributed by atoms with E-state index in [0.717, 1.165) is 18.2 Å². The largest absolute Gasteiger partial charge is 0.403 e. The molecule has 1 aromatic heterocycles. The minimum Gasteiger partial charge on any atom is -0.403 e. The number of hydrogen-bond donors (Lipinski definition) is 1. The fraction of sp³-hybridized carbons (Fsp3) is 0. The van der Waals surface area contributed by atoms with Crippen LogP contribution >= 0.6 is 23.2 Å². The van der Waals surface area contributed by atoms with E-state index in [1.165, 1.54) is 12.1 Å². The number of aromatic nitrogens is 2. The van der Waals surface area contributed by atoms with Crippen molar-refractivity contribution in [3.63, 3.8) is 0 Å². The van der Waals surface area contributed by atoms with E-state index in [2.05, 4.69) is 15.5 Å². The lowest BCUT2D eigenvalue weighted by atomic mass is 10.1. The number of nitro benzene ring substituents is 2. The molecule has 0 fully saturated rings. The third-order valence-corrected chi connectivity index (χ3v) is 3.96. The van der Waals surface area contributed by atoms with E-state index in [1.54, 1.807) is 6.07 Å². The van der Waals surface area contributed by atoms with E-state index in [0.29, 0.717) is 10.6 Å². The number of nitro groups is 2. The summed E-state index contributed by atoms with van der Waals surface area (Å²) >= 11 is 11.9. The van der Waals surface area contributed by atoms with Gasteiger partial charge in [0.25, 0.3) is 23.2 Å². The molecule has 2 aromatic carbocycles. The van der Waals surface area contributed by atoms with Crippen molar-refractivity contribution in [1.29, 1.82) is 0 Å². The number of carbonyl (C=O) groups is 1. The fourth-order valence-corrected chi connectivity index (χ4v) is 2.52. The van der Waals surface area contributed by atoms with Crippen LogP contribution in [0.5, 0.6) is 0 Å². The summed E-state index contributed by atoms with van der Waals surface area (Å²) in [7, 11) is 0. The zero-order valence-electron chi connectivity index (χ0n) is 13.5. The Kier molecular flexibility index (Phi) is 5.20. The molecule has 142 valence electrons. The Hall–Kier alpha value is -3.57. The number of hydrogen-bond acceptors (Lipinski definition) is 8. The molecule has 0 saturated heterocycles. The van der Waals surface area contributed by atoms with Crippen LogP contribution in [0.3, 0.4) is 0 Å². The Labute approximate surface area is 165 Å². The van der Waals surface area contributed by atoms with Crippen LogP contribution in [0, 0.1) is 20.2 Å². The van der Waals surface area contributed by atoms with Crippen molar-refractivity contribution in [2.24, 2.45) is 0 Å². The Balaban J connectivity index is 1.88. The van der Waals surface area contributed by atoms with E-state index < -0.39 is 27.1 Å². The predicted octanol–water partition coefficient (Wildman–Crippen LogP) is 4.11. The minimum atomic E-state index is -0.917. The first-order chi connectivity index (χ1) is 13.2. The first kappa shape index (κ1) is 19.2. The second kappa shape index (κ2) is 7.58. The van der Waals surface area contributed by atoms with Gasteiger partial charge in [0.15, 0.2) is 0 Å². The third-order valence-electron chi connectivity index (χ3n) is 3.39. The second-order valence-corrected chi connectivity index (χ2v) is 6.09. The molecule has 11 nitrogen and oxygen atoms in total. The van der Waals surface area contributed by atoms with Crippen LogP contribution in [0.1, 0.15) is 10.4 Å². The maximum absolute atomic E-state index is 12.3. The van der Waals surface area contributed by atoms with Gasteiger partial charge in [0.05, 0.1) is 32.1 Å². The molecule has 0 spiro atoms. The summed E-state index contributed by atoms with van der Waals surface area (Å²) in [6.45, 7) is 0. The lowest BCUT2D eigenvalue weighted by molar-refractivity contribution is -0.394. The molecule has 3 aromatic rings. The Morgan fingerprint density at radius 3 is 2.25 bits per heavy atom. The second-order valence-electron chi connectivity index (χ2n) is 5.24. The Bertz CT molecular complexity index is 1080. The van der Waals surface area contributed by atoms with Gasteiger partial charge >= 0.3 is 6.01 Å².